The Kier molecular flexibility index (Phi) is 9.80. The molecule has 1 aromatic carbocycles. The van der Waals surface area contributed by atoms with E-state index in [4.69, 9.17) is 14.2 Å². The van der Waals surface area contributed by atoms with Gasteiger partial charge in [-0.15, -0.1) is 0 Å². The summed E-state index contributed by atoms with van der Waals surface area (Å²) in [6.07, 6.45) is -5.58. The van der Waals surface area contributed by atoms with Crippen molar-refractivity contribution in [3.05, 3.63) is 23.8 Å². The van der Waals surface area contributed by atoms with Crippen molar-refractivity contribution >= 4 is 23.5 Å². The lowest BCUT2D eigenvalue weighted by atomic mass is 10.0. The Bertz CT molecular complexity index is 868. The Labute approximate surface area is 198 Å². The van der Waals surface area contributed by atoms with Crippen LogP contribution in [-0.2, 0) is 30.5 Å². The number of carbonyl (C=O) groups is 3. The highest BCUT2D eigenvalue weighted by Gasteiger charge is 2.42. The summed E-state index contributed by atoms with van der Waals surface area (Å²) in [6, 6.07) is 4.72. The zero-order valence-corrected chi connectivity index (χ0v) is 19.9. The van der Waals surface area contributed by atoms with E-state index in [-0.39, 0.29) is 54.7 Å². The smallest absolute Gasteiger partial charge is 0.335 e. The average molecular weight is 483 g/mol. The van der Waals surface area contributed by atoms with Crippen molar-refractivity contribution in [1.29, 1.82) is 0 Å². The minimum Gasteiger partial charge on any atom is -0.479 e. The number of esters is 1. The van der Waals surface area contributed by atoms with Crippen LogP contribution in [0, 0.1) is 0 Å². The van der Waals surface area contributed by atoms with Gasteiger partial charge in [-0.3, -0.25) is 9.59 Å². The first-order chi connectivity index (χ1) is 15.9. The summed E-state index contributed by atoms with van der Waals surface area (Å²) in [5.74, 6) is -1.94. The van der Waals surface area contributed by atoms with Gasteiger partial charge < -0.3 is 40.2 Å². The third-order valence-electron chi connectivity index (χ3n) is 4.95. The molecular formula is C23H34N2O9. The Morgan fingerprint density at radius 3 is 2.53 bits per heavy atom. The fourth-order valence-electron chi connectivity index (χ4n) is 3.16. The second kappa shape index (κ2) is 12.1. The average Bonchev–Trinajstić information content (AvgIpc) is 2.74. The van der Waals surface area contributed by atoms with E-state index in [1.807, 2.05) is 20.8 Å². The van der Waals surface area contributed by atoms with Crippen LogP contribution < -0.4 is 15.4 Å². The van der Waals surface area contributed by atoms with Gasteiger partial charge in [-0.2, -0.15) is 0 Å². The molecule has 1 heterocycles. The van der Waals surface area contributed by atoms with Gasteiger partial charge in [-0.25, -0.2) is 4.79 Å². The molecule has 0 aromatic heterocycles. The van der Waals surface area contributed by atoms with Crippen LogP contribution in [0.4, 0.5) is 5.69 Å². The van der Waals surface area contributed by atoms with Crippen molar-refractivity contribution in [3.8, 4) is 5.75 Å². The second-order valence-corrected chi connectivity index (χ2v) is 9.06. The van der Waals surface area contributed by atoms with E-state index in [0.717, 1.165) is 0 Å². The molecule has 11 heteroatoms. The number of carbonyl (C=O) groups excluding carboxylic acids is 2. The van der Waals surface area contributed by atoms with Gasteiger partial charge in [-0.1, -0.05) is 13.0 Å². The van der Waals surface area contributed by atoms with Gasteiger partial charge in [0.15, 0.2) is 6.10 Å². The van der Waals surface area contributed by atoms with Crippen molar-refractivity contribution in [2.24, 2.45) is 0 Å². The van der Waals surface area contributed by atoms with E-state index >= 15 is 0 Å². The van der Waals surface area contributed by atoms with E-state index in [9.17, 15) is 29.7 Å². The van der Waals surface area contributed by atoms with Crippen LogP contribution in [0.25, 0.3) is 0 Å². The summed E-state index contributed by atoms with van der Waals surface area (Å²) in [4.78, 5) is 35.3. The topological polar surface area (TPSA) is 164 Å². The van der Waals surface area contributed by atoms with Gasteiger partial charge >= 0.3 is 11.9 Å². The summed E-state index contributed by atoms with van der Waals surface area (Å²) in [5.41, 5.74) is 0.713. The van der Waals surface area contributed by atoms with Crippen LogP contribution in [0.2, 0.25) is 0 Å². The molecule has 1 saturated heterocycles. The third kappa shape index (κ3) is 8.56. The van der Waals surface area contributed by atoms with Gasteiger partial charge in [-0.05, 0) is 38.5 Å². The number of carboxylic acid groups (broad SMARTS) is 1. The number of amides is 1. The molecule has 1 aliphatic heterocycles. The number of aliphatic hydroxyl groups is 2. The number of aliphatic carboxylic acids is 1. The van der Waals surface area contributed by atoms with Gasteiger partial charge in [0, 0.05) is 31.3 Å². The van der Waals surface area contributed by atoms with Crippen molar-refractivity contribution in [2.75, 3.05) is 11.9 Å². The Balaban J connectivity index is 2.17. The zero-order chi connectivity index (χ0) is 25.5. The number of hydrogen-bond donors (Lipinski definition) is 5. The normalized spacial score (nSPS) is 22.6. The number of nitrogens with one attached hydrogen (secondary N) is 2. The molecule has 0 aliphatic carbocycles. The van der Waals surface area contributed by atoms with E-state index in [1.165, 1.54) is 6.07 Å². The van der Waals surface area contributed by atoms with E-state index in [2.05, 4.69) is 10.6 Å². The molecular weight excluding hydrogens is 448 g/mol. The second-order valence-electron chi connectivity index (χ2n) is 9.06. The fourth-order valence-corrected chi connectivity index (χ4v) is 3.16. The maximum atomic E-state index is 12.5. The fraction of sp³-hybridized carbons (Fsp3) is 0.609. The monoisotopic (exact) mass is 482 g/mol. The quantitative estimate of drug-likeness (QED) is 0.306. The summed E-state index contributed by atoms with van der Waals surface area (Å²) in [6.45, 7) is 8.06. The van der Waals surface area contributed by atoms with Crippen molar-refractivity contribution in [1.82, 2.24) is 5.32 Å². The highest BCUT2D eigenvalue weighted by molar-refractivity contribution is 5.92. The first-order valence-electron chi connectivity index (χ1n) is 11.1. The molecule has 1 fully saturated rings. The largest absolute Gasteiger partial charge is 0.479 e. The molecule has 0 saturated carbocycles. The molecule has 1 aliphatic rings. The van der Waals surface area contributed by atoms with Crippen LogP contribution in [0.1, 0.15) is 52.5 Å². The molecule has 190 valence electrons. The predicted octanol–water partition coefficient (Wildman–Crippen LogP) is 1.16. The lowest BCUT2D eigenvalue weighted by Gasteiger charge is -2.35. The highest BCUT2D eigenvalue weighted by atomic mass is 16.7. The molecule has 0 radical (unpaired) electrons. The predicted molar refractivity (Wildman–Crippen MR) is 121 cm³/mol. The molecule has 1 amide bonds. The van der Waals surface area contributed by atoms with Crippen LogP contribution in [0.15, 0.2) is 18.2 Å². The standard InChI is InChI=1S/C23H34N2O9/c1-5-18(28)32-12-13-6-7-16(14(10-13)25-17(27)8-9-24-23(2,3)4)33-19-11-15(26)20(29)21(34-19)22(30)31/h6-7,10,15,19-21,24,26,29H,5,8-9,11-12H2,1-4H3,(H,25,27)(H,30,31)/t15?,19-,20-,21?/m0/s1. The van der Waals surface area contributed by atoms with E-state index in [1.54, 1.807) is 19.1 Å². The van der Waals surface area contributed by atoms with Gasteiger partial charge in [0.1, 0.15) is 18.5 Å². The molecule has 5 N–H and O–H groups in total. The zero-order valence-electron chi connectivity index (χ0n) is 19.9. The van der Waals surface area contributed by atoms with Crippen molar-refractivity contribution < 1.29 is 43.9 Å². The number of ether oxygens (including phenoxy) is 3. The van der Waals surface area contributed by atoms with Crippen LogP contribution in [0.3, 0.4) is 0 Å². The van der Waals surface area contributed by atoms with Crippen molar-refractivity contribution in [3.63, 3.8) is 0 Å². The number of hydrogen-bond acceptors (Lipinski definition) is 9. The van der Waals surface area contributed by atoms with Crippen LogP contribution >= 0.6 is 0 Å². The molecule has 2 rings (SSSR count). The molecule has 34 heavy (non-hydrogen) atoms. The number of aliphatic hydroxyl groups excluding tert-OH is 2. The molecule has 11 nitrogen and oxygen atoms in total. The minimum atomic E-state index is -1.66. The molecule has 0 spiro atoms. The Morgan fingerprint density at radius 1 is 1.21 bits per heavy atom. The maximum absolute atomic E-state index is 12.5. The van der Waals surface area contributed by atoms with Gasteiger partial charge in [0.2, 0.25) is 12.2 Å². The SMILES string of the molecule is CCC(=O)OCc1ccc(O[C@@H]2CC(O)[C@H](O)C(C(=O)O)O2)c(NC(=O)CCNC(C)(C)C)c1. The van der Waals surface area contributed by atoms with Crippen molar-refractivity contribution in [2.45, 2.75) is 83.7 Å². The maximum Gasteiger partial charge on any atom is 0.335 e. The number of anilines is 1. The van der Waals surface area contributed by atoms with E-state index in [0.29, 0.717) is 12.1 Å². The summed E-state index contributed by atoms with van der Waals surface area (Å²) in [7, 11) is 0. The highest BCUT2D eigenvalue weighted by Crippen LogP contribution is 2.31. The number of carboxylic acids is 1. The summed E-state index contributed by atoms with van der Waals surface area (Å²) < 4.78 is 16.2. The van der Waals surface area contributed by atoms with Gasteiger partial charge in [0.25, 0.3) is 0 Å². The number of benzene rings is 1. The Hall–Kier alpha value is -2.73. The van der Waals surface area contributed by atoms with Crippen LogP contribution in [0.5, 0.6) is 5.75 Å². The lowest BCUT2D eigenvalue weighted by Crippen LogP contribution is -2.53. The van der Waals surface area contributed by atoms with E-state index < -0.39 is 30.6 Å². The molecule has 4 atom stereocenters. The minimum absolute atomic E-state index is 0.00662. The molecule has 2 unspecified atom stereocenters. The molecule has 0 bridgehead atoms. The Morgan fingerprint density at radius 2 is 1.91 bits per heavy atom. The molecule has 1 aromatic rings. The lowest BCUT2D eigenvalue weighted by molar-refractivity contribution is -0.228. The number of rotatable bonds is 10. The van der Waals surface area contributed by atoms with Gasteiger partial charge in [0.05, 0.1) is 11.8 Å². The summed E-state index contributed by atoms with van der Waals surface area (Å²) >= 11 is 0. The third-order valence-corrected chi connectivity index (χ3v) is 4.95. The first-order valence-corrected chi connectivity index (χ1v) is 11.1. The van der Waals surface area contributed by atoms with Crippen LogP contribution in [-0.4, -0.2) is 69.9 Å². The first kappa shape index (κ1) is 27.5. The summed E-state index contributed by atoms with van der Waals surface area (Å²) in [5, 5.41) is 35.1.